The monoisotopic (exact) mass is 370 g/mol. The molecule has 26 heavy (non-hydrogen) atoms. The third-order valence-electron chi connectivity index (χ3n) is 8.85. The van der Waals surface area contributed by atoms with Crippen molar-refractivity contribution in [3.63, 3.8) is 0 Å². The van der Waals surface area contributed by atoms with Gasteiger partial charge in [0.2, 0.25) is 5.12 Å². The van der Waals surface area contributed by atoms with E-state index < -0.39 is 0 Å². The third-order valence-corrected chi connectivity index (χ3v) is 9.80. The average Bonchev–Trinajstić information content (AvgIpc) is 3.18. The van der Waals surface area contributed by atoms with E-state index in [9.17, 15) is 9.90 Å². The minimum absolute atomic E-state index is 0.0791. The first-order valence-electron chi connectivity index (χ1n) is 10.4. The van der Waals surface area contributed by atoms with E-state index >= 15 is 0 Å². The molecule has 4 aliphatic carbocycles. The summed E-state index contributed by atoms with van der Waals surface area (Å²) in [5, 5.41) is 10.8. The topological polar surface area (TPSA) is 37.3 Å². The lowest BCUT2D eigenvalue weighted by Gasteiger charge is -2.58. The van der Waals surface area contributed by atoms with Crippen molar-refractivity contribution in [2.45, 2.75) is 71.3 Å². The molecule has 0 aromatic heterocycles. The first kappa shape index (κ1) is 17.3. The number of allylic oxidation sites excluding steroid dienone is 4. The number of aliphatic hydroxyl groups is 1. The Labute approximate surface area is 161 Å². The standard InChI is InChI=1S/C23H30O2S/c1-22-11-9-14(19-6-8-21(25)26-19)13-15(22)3-4-16-17-5-7-20(24)23(17,2)12-10-18(16)22/h6,8,13,16-18,20,24H,3-5,7,9-12H2,1-2H3/b19-14-/t16-,17-,18-,20-,22-,23-/m0/s1. The van der Waals surface area contributed by atoms with Crippen molar-refractivity contribution in [2.24, 2.45) is 28.6 Å². The van der Waals surface area contributed by atoms with Gasteiger partial charge >= 0.3 is 0 Å². The minimum Gasteiger partial charge on any atom is -0.393 e. The Kier molecular flexibility index (Phi) is 3.89. The Morgan fingerprint density at radius 3 is 2.65 bits per heavy atom. The van der Waals surface area contributed by atoms with Crippen LogP contribution in [0.4, 0.5) is 0 Å². The largest absolute Gasteiger partial charge is 0.393 e. The van der Waals surface area contributed by atoms with Crippen LogP contribution in [0.5, 0.6) is 0 Å². The highest BCUT2D eigenvalue weighted by molar-refractivity contribution is 8.17. The van der Waals surface area contributed by atoms with Gasteiger partial charge in [0.05, 0.1) is 6.10 Å². The van der Waals surface area contributed by atoms with Crippen LogP contribution in [0.1, 0.15) is 65.2 Å². The molecule has 0 saturated heterocycles. The number of hydrogen-bond acceptors (Lipinski definition) is 3. The van der Waals surface area contributed by atoms with Crippen molar-refractivity contribution in [2.75, 3.05) is 0 Å². The molecule has 0 aromatic rings. The summed E-state index contributed by atoms with van der Waals surface area (Å²) in [7, 11) is 0. The second kappa shape index (κ2) is 5.85. The molecule has 1 N–H and O–H groups in total. The summed E-state index contributed by atoms with van der Waals surface area (Å²) >= 11 is 1.40. The lowest BCUT2D eigenvalue weighted by molar-refractivity contribution is -0.106. The maximum atomic E-state index is 11.6. The summed E-state index contributed by atoms with van der Waals surface area (Å²) in [4.78, 5) is 12.8. The molecule has 0 aromatic carbocycles. The number of hydrogen-bond donors (Lipinski definition) is 1. The van der Waals surface area contributed by atoms with Crippen LogP contribution in [0.25, 0.3) is 0 Å². The van der Waals surface area contributed by atoms with E-state index in [2.05, 4.69) is 19.9 Å². The van der Waals surface area contributed by atoms with E-state index in [4.69, 9.17) is 0 Å². The summed E-state index contributed by atoms with van der Waals surface area (Å²) in [5.74, 6) is 2.30. The fraction of sp³-hybridized carbons (Fsp3) is 0.696. The zero-order valence-electron chi connectivity index (χ0n) is 16.0. The highest BCUT2D eigenvalue weighted by atomic mass is 32.2. The summed E-state index contributed by atoms with van der Waals surface area (Å²) in [5.41, 5.74) is 3.54. The van der Waals surface area contributed by atoms with Crippen LogP contribution in [0, 0.1) is 28.6 Å². The second-order valence-electron chi connectivity index (χ2n) is 9.78. The summed E-state index contributed by atoms with van der Waals surface area (Å²) in [6.45, 7) is 4.89. The van der Waals surface area contributed by atoms with E-state index in [1.807, 2.05) is 6.08 Å². The van der Waals surface area contributed by atoms with Gasteiger partial charge in [-0.3, -0.25) is 4.79 Å². The van der Waals surface area contributed by atoms with Crippen LogP contribution in [0.2, 0.25) is 0 Å². The second-order valence-corrected chi connectivity index (χ2v) is 10.8. The van der Waals surface area contributed by atoms with Crippen LogP contribution < -0.4 is 0 Å². The number of aliphatic hydroxyl groups excluding tert-OH is 1. The first-order chi connectivity index (χ1) is 12.4. The van der Waals surface area contributed by atoms with E-state index in [1.165, 1.54) is 60.8 Å². The zero-order valence-corrected chi connectivity index (χ0v) is 16.8. The molecular formula is C23H30O2S. The third kappa shape index (κ3) is 2.32. The van der Waals surface area contributed by atoms with Crippen LogP contribution >= 0.6 is 11.8 Å². The molecular weight excluding hydrogens is 340 g/mol. The van der Waals surface area contributed by atoms with Gasteiger partial charge in [0.25, 0.3) is 0 Å². The van der Waals surface area contributed by atoms with E-state index in [1.54, 1.807) is 11.6 Å². The maximum absolute atomic E-state index is 11.6. The quantitative estimate of drug-likeness (QED) is 0.621. The van der Waals surface area contributed by atoms with E-state index in [0.29, 0.717) is 5.41 Å². The Morgan fingerprint density at radius 2 is 1.88 bits per heavy atom. The van der Waals surface area contributed by atoms with Gasteiger partial charge in [-0.2, -0.15) is 0 Å². The number of fused-ring (bicyclic) bond motifs is 5. The highest BCUT2D eigenvalue weighted by Crippen LogP contribution is 2.65. The Hall–Kier alpha value is -0.800. The van der Waals surface area contributed by atoms with Crippen molar-refractivity contribution < 1.29 is 9.90 Å². The van der Waals surface area contributed by atoms with Gasteiger partial charge in [-0.15, -0.1) is 0 Å². The van der Waals surface area contributed by atoms with Crippen molar-refractivity contribution in [3.05, 3.63) is 34.3 Å². The predicted molar refractivity (Wildman–Crippen MR) is 106 cm³/mol. The molecule has 3 fully saturated rings. The molecule has 1 heterocycles. The molecule has 3 heteroatoms. The van der Waals surface area contributed by atoms with Crippen molar-refractivity contribution in [3.8, 4) is 0 Å². The van der Waals surface area contributed by atoms with Gasteiger partial charge < -0.3 is 5.11 Å². The van der Waals surface area contributed by atoms with Gasteiger partial charge in [-0.05, 0) is 109 Å². The van der Waals surface area contributed by atoms with Crippen LogP contribution in [0.15, 0.2) is 34.3 Å². The lowest BCUT2D eigenvalue weighted by Crippen LogP contribution is -2.50. The van der Waals surface area contributed by atoms with E-state index in [-0.39, 0.29) is 16.6 Å². The molecule has 3 saturated carbocycles. The smallest absolute Gasteiger partial charge is 0.216 e. The molecule has 5 rings (SSSR count). The van der Waals surface area contributed by atoms with Crippen molar-refractivity contribution in [1.29, 1.82) is 0 Å². The fourth-order valence-corrected chi connectivity index (χ4v) is 8.03. The van der Waals surface area contributed by atoms with Crippen molar-refractivity contribution >= 4 is 16.9 Å². The van der Waals surface area contributed by atoms with Gasteiger partial charge in [0.1, 0.15) is 0 Å². The Bertz CT molecular complexity index is 747. The van der Waals surface area contributed by atoms with Crippen LogP contribution in [0.3, 0.4) is 0 Å². The van der Waals surface area contributed by atoms with Gasteiger partial charge in [0.15, 0.2) is 0 Å². The number of thioether (sulfide) groups is 1. The van der Waals surface area contributed by atoms with Crippen LogP contribution in [-0.4, -0.2) is 16.3 Å². The lowest BCUT2D eigenvalue weighted by atomic mass is 9.47. The SMILES string of the molecule is C[C@]12CC[C@H]3[C@@H](CCC4=C/C(=C5/C=CC(=O)S5)CC[C@@]43C)[C@@H]1CC[C@@H]2O. The molecule has 1 aliphatic heterocycles. The summed E-state index contributed by atoms with van der Waals surface area (Å²) in [6.07, 6.45) is 15.7. The molecule has 0 bridgehead atoms. The van der Waals surface area contributed by atoms with E-state index in [0.717, 1.165) is 30.6 Å². The minimum atomic E-state index is -0.0791. The molecule has 140 valence electrons. The number of carbonyl (C=O) groups excluding carboxylic acids is 1. The zero-order chi connectivity index (χ0) is 18.1. The summed E-state index contributed by atoms with van der Waals surface area (Å²) in [6, 6.07) is 0. The Morgan fingerprint density at radius 1 is 1.04 bits per heavy atom. The average molecular weight is 371 g/mol. The summed E-state index contributed by atoms with van der Waals surface area (Å²) < 4.78 is 0. The van der Waals surface area contributed by atoms with Crippen molar-refractivity contribution in [1.82, 2.24) is 0 Å². The molecule has 0 amide bonds. The molecule has 5 aliphatic rings. The predicted octanol–water partition coefficient (Wildman–Crippen LogP) is 5.39. The number of carbonyl (C=O) groups is 1. The van der Waals surface area contributed by atoms with Gasteiger partial charge in [0, 0.05) is 4.91 Å². The normalized spacial score (nSPS) is 50.3. The molecule has 0 radical (unpaired) electrons. The molecule has 0 unspecified atom stereocenters. The first-order valence-corrected chi connectivity index (χ1v) is 11.3. The number of rotatable bonds is 0. The van der Waals surface area contributed by atoms with Gasteiger partial charge in [-0.25, -0.2) is 0 Å². The van der Waals surface area contributed by atoms with Gasteiger partial charge in [-0.1, -0.05) is 25.5 Å². The molecule has 2 nitrogen and oxygen atoms in total. The maximum Gasteiger partial charge on any atom is 0.216 e. The fourth-order valence-electron chi connectivity index (χ4n) is 7.25. The highest BCUT2D eigenvalue weighted by Gasteiger charge is 2.58. The molecule has 6 atom stereocenters. The van der Waals surface area contributed by atoms with Crippen LogP contribution in [-0.2, 0) is 4.79 Å². The Balaban J connectivity index is 1.47. The molecule has 0 spiro atoms.